The van der Waals surface area contributed by atoms with E-state index in [0.717, 1.165) is 16.6 Å². The first-order chi connectivity index (χ1) is 13.2. The Morgan fingerprint density at radius 1 is 0.931 bits per heavy atom. The van der Waals surface area contributed by atoms with Crippen molar-refractivity contribution in [2.24, 2.45) is 0 Å². The smallest absolute Gasteiger partial charge is 0.485 e. The number of alkyl halides is 3. The molecule has 0 atom stereocenters. The molecule has 0 aromatic heterocycles. The van der Waals surface area contributed by atoms with E-state index in [9.17, 15) is 13.2 Å². The molecule has 0 unspecified atom stereocenters. The molecule has 5 nitrogen and oxygen atoms in total. The minimum absolute atomic E-state index is 0.827. The molecule has 1 fully saturated rings. The summed E-state index contributed by atoms with van der Waals surface area (Å²) in [6.45, 7) is 19.0. The Balaban J connectivity index is 0.000000447. The molecule has 0 N–H and O–H groups in total. The number of halogens is 3. The van der Waals surface area contributed by atoms with Crippen LogP contribution in [0.2, 0.25) is 16.6 Å². The van der Waals surface area contributed by atoms with Crippen LogP contribution in [0.4, 0.5) is 13.2 Å². The molecule has 2 aliphatic heterocycles. The van der Waals surface area contributed by atoms with Crippen LogP contribution in [0.5, 0.6) is 0 Å². The van der Waals surface area contributed by atoms with Gasteiger partial charge in [-0.3, -0.25) is 4.90 Å². The van der Waals surface area contributed by atoms with Gasteiger partial charge in [-0.05, 0) is 35.9 Å². The molecular formula is C19H37F3N2O3SSi. The molecule has 2 rings (SSSR count). The monoisotopic (exact) mass is 458 g/mol. The summed E-state index contributed by atoms with van der Waals surface area (Å²) in [6, 6.07) is 0. The van der Waals surface area contributed by atoms with E-state index in [1.165, 1.54) is 51.7 Å². The number of hydrogen-bond acceptors (Lipinski definition) is 4. The lowest BCUT2D eigenvalue weighted by molar-refractivity contribution is -0.423. The fraction of sp³-hybridized carbons (Fsp3) is 0.947. The molecule has 0 radical (unpaired) electrons. The zero-order valence-corrected chi connectivity index (χ0v) is 20.4. The number of hydrogen-bond donors (Lipinski definition) is 0. The van der Waals surface area contributed by atoms with Crippen molar-refractivity contribution in [3.8, 4) is 0 Å². The first kappa shape index (κ1) is 26.4. The maximum absolute atomic E-state index is 10.7. The summed E-state index contributed by atoms with van der Waals surface area (Å²) in [4.78, 5) is 2.76. The lowest BCUT2D eigenvalue weighted by atomic mass is 10.2. The van der Waals surface area contributed by atoms with Crippen molar-refractivity contribution in [3.05, 3.63) is 0 Å². The van der Waals surface area contributed by atoms with Gasteiger partial charge >= 0.3 is 5.51 Å². The molecule has 1 saturated heterocycles. The van der Waals surface area contributed by atoms with Crippen LogP contribution in [0, 0.1) is 0 Å². The molecule has 0 aromatic carbocycles. The largest absolute Gasteiger partial charge is 0.741 e. The van der Waals surface area contributed by atoms with E-state index in [1.807, 2.05) is 0 Å². The Labute approximate surface area is 175 Å². The lowest BCUT2D eigenvalue weighted by Crippen LogP contribution is -2.61. The average molecular weight is 459 g/mol. The molecule has 172 valence electrons. The molecule has 0 bridgehead atoms. The summed E-state index contributed by atoms with van der Waals surface area (Å²) >= 11 is 0. The van der Waals surface area contributed by atoms with Crippen molar-refractivity contribution in [1.29, 1.82) is 0 Å². The molecule has 0 saturated carbocycles. The lowest BCUT2D eigenvalue weighted by Gasteiger charge is -2.45. The van der Waals surface area contributed by atoms with Crippen molar-refractivity contribution in [1.82, 2.24) is 4.90 Å². The molecule has 0 aromatic rings. The van der Waals surface area contributed by atoms with Crippen LogP contribution >= 0.6 is 0 Å². The van der Waals surface area contributed by atoms with Crippen LogP contribution in [-0.2, 0) is 10.1 Å². The van der Waals surface area contributed by atoms with Gasteiger partial charge in [0.25, 0.3) is 8.24 Å². The van der Waals surface area contributed by atoms with Crippen molar-refractivity contribution < 1.29 is 30.4 Å². The van der Waals surface area contributed by atoms with Crippen LogP contribution in [0.15, 0.2) is 0 Å². The van der Waals surface area contributed by atoms with E-state index in [4.69, 9.17) is 13.0 Å². The fourth-order valence-electron chi connectivity index (χ4n) is 5.50. The molecule has 10 heteroatoms. The van der Waals surface area contributed by atoms with Crippen LogP contribution < -0.4 is 0 Å². The second-order valence-corrected chi connectivity index (χ2v) is 16.1. The SMILES string of the molecule is CC(C)[Si](C(C)C)(C(C)C)[N+]1=C2CCCCCN2CCC1.O=S(=O)([O-])C(F)(F)F. The summed E-state index contributed by atoms with van der Waals surface area (Å²) in [5.41, 5.74) is -3.16. The highest BCUT2D eigenvalue weighted by molar-refractivity contribution is 7.86. The topological polar surface area (TPSA) is 63.5 Å². The number of rotatable bonds is 4. The molecular weight excluding hydrogens is 421 g/mol. The summed E-state index contributed by atoms with van der Waals surface area (Å²) in [5.74, 6) is 1.74. The van der Waals surface area contributed by atoms with E-state index < -0.39 is 23.9 Å². The standard InChI is InChI=1S/C18H37N2Si.CHF3O3S/c1-15(2)21(16(3)4,17(5)6)20-14-10-13-19-12-9-7-8-11-18(19)20;2-1(3,4)8(5,6)7/h15-17H,7-14H2,1-6H3;(H,5,6,7)/q+1;/p-1. The van der Waals surface area contributed by atoms with Crippen molar-refractivity contribution in [2.75, 3.05) is 19.6 Å². The predicted molar refractivity (Wildman–Crippen MR) is 112 cm³/mol. The molecule has 2 heterocycles. The van der Waals surface area contributed by atoms with Crippen molar-refractivity contribution in [3.63, 3.8) is 0 Å². The third kappa shape index (κ3) is 5.97. The Morgan fingerprint density at radius 2 is 1.38 bits per heavy atom. The zero-order chi connectivity index (χ0) is 22.6. The van der Waals surface area contributed by atoms with Crippen LogP contribution in [0.3, 0.4) is 0 Å². The number of amidine groups is 1. The minimum atomic E-state index is -6.09. The highest BCUT2D eigenvalue weighted by Crippen LogP contribution is 2.43. The normalized spacial score (nSPS) is 19.3. The molecule has 2 aliphatic rings. The third-order valence-electron chi connectivity index (χ3n) is 6.34. The van der Waals surface area contributed by atoms with Gasteiger partial charge < -0.3 is 8.79 Å². The second-order valence-electron chi connectivity index (χ2n) is 8.97. The fourth-order valence-corrected chi connectivity index (χ4v) is 12.6. The van der Waals surface area contributed by atoms with Crippen molar-refractivity contribution in [2.45, 2.75) is 95.8 Å². The third-order valence-corrected chi connectivity index (χ3v) is 13.9. The first-order valence-corrected chi connectivity index (χ1v) is 14.2. The highest BCUT2D eigenvalue weighted by Gasteiger charge is 2.53. The highest BCUT2D eigenvalue weighted by atomic mass is 32.2. The quantitative estimate of drug-likeness (QED) is 0.341. The van der Waals surface area contributed by atoms with E-state index >= 15 is 0 Å². The summed E-state index contributed by atoms with van der Waals surface area (Å²) in [7, 11) is -7.59. The van der Waals surface area contributed by atoms with E-state index in [2.05, 4.69) is 50.7 Å². The van der Waals surface area contributed by atoms with Crippen molar-refractivity contribution >= 4 is 24.2 Å². The molecule has 0 spiro atoms. The zero-order valence-electron chi connectivity index (χ0n) is 18.6. The minimum Gasteiger partial charge on any atom is -0.741 e. The average Bonchev–Trinajstić information content (AvgIpc) is 2.79. The van der Waals surface area contributed by atoms with Gasteiger partial charge in [0.15, 0.2) is 10.1 Å². The van der Waals surface area contributed by atoms with Gasteiger partial charge in [0.1, 0.15) is 0 Å². The Bertz CT molecular complexity index is 655. The van der Waals surface area contributed by atoms with Crippen LogP contribution in [0.25, 0.3) is 0 Å². The van der Waals surface area contributed by atoms with Gasteiger partial charge in [0.05, 0.1) is 19.6 Å². The Morgan fingerprint density at radius 3 is 1.79 bits per heavy atom. The van der Waals surface area contributed by atoms with Gasteiger partial charge in [-0.2, -0.15) is 13.2 Å². The number of nitrogens with zero attached hydrogens (tertiary/aromatic N) is 2. The summed E-state index contributed by atoms with van der Waals surface area (Å²) < 4.78 is 61.9. The summed E-state index contributed by atoms with van der Waals surface area (Å²) in [6.07, 6.45) is 6.93. The van der Waals surface area contributed by atoms with Gasteiger partial charge in [-0.25, -0.2) is 8.42 Å². The maximum atomic E-state index is 10.7. The van der Waals surface area contributed by atoms with Crippen LogP contribution in [-0.4, -0.2) is 61.3 Å². The summed E-state index contributed by atoms with van der Waals surface area (Å²) in [5, 5.41) is 0. The van der Waals surface area contributed by atoms with Gasteiger partial charge in [0.2, 0.25) is 5.84 Å². The molecule has 0 aliphatic carbocycles. The molecule has 0 amide bonds. The molecule has 29 heavy (non-hydrogen) atoms. The van der Waals surface area contributed by atoms with E-state index in [1.54, 1.807) is 5.84 Å². The maximum Gasteiger partial charge on any atom is 0.485 e. The number of fused-ring (bicyclic) bond motifs is 1. The van der Waals surface area contributed by atoms with E-state index in [0.29, 0.717) is 0 Å². The first-order valence-electron chi connectivity index (χ1n) is 10.6. The van der Waals surface area contributed by atoms with Gasteiger partial charge in [-0.15, -0.1) is 0 Å². The Kier molecular flexibility index (Phi) is 9.23. The predicted octanol–water partition coefficient (Wildman–Crippen LogP) is 4.90. The van der Waals surface area contributed by atoms with Crippen LogP contribution in [0.1, 0.15) is 73.6 Å². The Hall–Kier alpha value is -0.613. The van der Waals surface area contributed by atoms with E-state index in [-0.39, 0.29) is 0 Å². The second kappa shape index (κ2) is 10.1. The van der Waals surface area contributed by atoms with Gasteiger partial charge in [-0.1, -0.05) is 41.5 Å². The van der Waals surface area contributed by atoms with Gasteiger partial charge in [0, 0.05) is 12.8 Å².